The van der Waals surface area contributed by atoms with Crippen molar-refractivity contribution in [2.75, 3.05) is 19.7 Å². The highest BCUT2D eigenvalue weighted by molar-refractivity contribution is 5.97. The second kappa shape index (κ2) is 17.2. The van der Waals surface area contributed by atoms with Crippen LogP contribution in [-0.4, -0.2) is 111 Å². The molecule has 0 aliphatic carbocycles. The zero-order valence-corrected chi connectivity index (χ0v) is 30.4. The number of aromatic nitrogens is 2. The molecule has 288 valence electrons. The summed E-state index contributed by atoms with van der Waals surface area (Å²) in [6.07, 6.45) is 2.27. The maximum absolute atomic E-state index is 14.7. The maximum Gasteiger partial charge on any atom is 0.270 e. The number of fused-ring (bicyclic) bond motifs is 17. The van der Waals surface area contributed by atoms with Crippen LogP contribution in [0.3, 0.4) is 0 Å². The van der Waals surface area contributed by atoms with Crippen molar-refractivity contribution in [1.29, 1.82) is 0 Å². The van der Waals surface area contributed by atoms with E-state index in [1.165, 1.54) is 31.0 Å². The summed E-state index contributed by atoms with van der Waals surface area (Å²) in [5, 5.41) is 25.0. The molecule has 7 rings (SSSR count). The van der Waals surface area contributed by atoms with Crippen LogP contribution < -0.4 is 31.3 Å². The number of carbonyl (C=O) groups is 6. The summed E-state index contributed by atoms with van der Waals surface area (Å²) in [6, 6.07) is 13.6. The Kier molecular flexibility index (Phi) is 12.0. The molecule has 16 nitrogen and oxygen atoms in total. The van der Waals surface area contributed by atoms with Gasteiger partial charge in [-0.1, -0.05) is 36.4 Å². The van der Waals surface area contributed by atoms with Crippen LogP contribution in [0.25, 0.3) is 10.9 Å². The summed E-state index contributed by atoms with van der Waals surface area (Å²) in [4.78, 5) is 90.2. The third kappa shape index (κ3) is 9.45. The van der Waals surface area contributed by atoms with E-state index in [2.05, 4.69) is 36.6 Å². The van der Waals surface area contributed by atoms with Crippen LogP contribution in [0.2, 0.25) is 0 Å². The second-order valence-corrected chi connectivity index (χ2v) is 13.7. The van der Waals surface area contributed by atoms with Gasteiger partial charge in [-0.25, -0.2) is 0 Å². The van der Waals surface area contributed by atoms with E-state index in [0.717, 1.165) is 22.0 Å². The first kappa shape index (κ1) is 38.4. The summed E-state index contributed by atoms with van der Waals surface area (Å²) >= 11 is 0. The topological polar surface area (TPSA) is 224 Å². The fourth-order valence-electron chi connectivity index (χ4n) is 6.75. The first-order valence-corrected chi connectivity index (χ1v) is 18.1. The predicted octanol–water partition coefficient (Wildman–Crippen LogP) is 0.111. The summed E-state index contributed by atoms with van der Waals surface area (Å²) in [5.74, 6) is -3.40. The van der Waals surface area contributed by atoms with Crippen LogP contribution >= 0.6 is 0 Å². The van der Waals surface area contributed by atoms with Gasteiger partial charge in [-0.15, -0.1) is 0 Å². The van der Waals surface area contributed by atoms with Crippen molar-refractivity contribution in [1.82, 2.24) is 41.5 Å². The lowest BCUT2D eigenvalue weighted by Crippen LogP contribution is -2.60. The van der Waals surface area contributed by atoms with Crippen LogP contribution in [0.5, 0.6) is 5.75 Å². The molecule has 0 saturated carbocycles. The number of para-hydroxylation sites is 1. The average molecular weight is 753 g/mol. The van der Waals surface area contributed by atoms with E-state index in [1.807, 2.05) is 24.3 Å². The quantitative estimate of drug-likeness (QED) is 0.137. The monoisotopic (exact) mass is 752 g/mol. The molecule has 6 atom stereocenters. The van der Waals surface area contributed by atoms with Crippen molar-refractivity contribution in [3.05, 3.63) is 95.9 Å². The minimum Gasteiger partial charge on any atom is -0.484 e. The Morgan fingerprint density at radius 2 is 1.73 bits per heavy atom. The largest absolute Gasteiger partial charge is 0.484 e. The SMILES string of the molecule is C[C@@H]1NC(=O)[C@H]([C@@H](C)O)NC(=O)[C@@H]2C[C@H](NC(=O)c3ccccn3)CN2C(=O)[C@@H](Cc2c[nH]c3ccccc23)NC(=O)COc2ccc(cc2)CCNC1=O. The van der Waals surface area contributed by atoms with Gasteiger partial charge in [0.2, 0.25) is 23.6 Å². The van der Waals surface area contributed by atoms with E-state index in [0.29, 0.717) is 12.2 Å². The number of pyridine rings is 1. The number of nitrogens with one attached hydrogen (secondary N) is 6. The van der Waals surface area contributed by atoms with Gasteiger partial charge in [-0.2, -0.15) is 0 Å². The van der Waals surface area contributed by atoms with Crippen LogP contribution in [0.15, 0.2) is 79.1 Å². The molecule has 1 saturated heterocycles. The Morgan fingerprint density at radius 3 is 2.47 bits per heavy atom. The van der Waals surface area contributed by atoms with Gasteiger partial charge in [0.1, 0.15) is 35.6 Å². The van der Waals surface area contributed by atoms with Crippen LogP contribution in [-0.2, 0) is 36.8 Å². The zero-order chi connectivity index (χ0) is 39.1. The molecular weight excluding hydrogens is 708 g/mol. The summed E-state index contributed by atoms with van der Waals surface area (Å²) in [5.41, 5.74) is 2.57. The Bertz CT molecular complexity index is 2040. The molecule has 0 spiro atoms. The van der Waals surface area contributed by atoms with Gasteiger partial charge in [-0.3, -0.25) is 33.8 Å². The first-order valence-electron chi connectivity index (χ1n) is 18.1. The highest BCUT2D eigenvalue weighted by Crippen LogP contribution is 2.24. The number of carbonyl (C=O) groups excluding carboxylic acids is 6. The molecule has 6 amide bonds. The first-order chi connectivity index (χ1) is 26.5. The van der Waals surface area contributed by atoms with E-state index < -0.39 is 78.4 Å². The van der Waals surface area contributed by atoms with Crippen LogP contribution in [0.4, 0.5) is 0 Å². The molecule has 4 aromatic rings. The molecule has 3 aliphatic rings. The number of aromatic amines is 1. The van der Waals surface area contributed by atoms with E-state index in [1.54, 1.807) is 42.6 Å². The lowest BCUT2D eigenvalue weighted by Gasteiger charge is -2.30. The van der Waals surface area contributed by atoms with E-state index in [4.69, 9.17) is 4.74 Å². The minimum absolute atomic E-state index is 0.0394. The van der Waals surface area contributed by atoms with Crippen LogP contribution in [0.1, 0.15) is 41.9 Å². The minimum atomic E-state index is -1.50. The number of hydrogen-bond donors (Lipinski definition) is 7. The number of rotatable bonds is 5. The normalized spacial score (nSPS) is 23.6. The molecule has 5 heterocycles. The van der Waals surface area contributed by atoms with E-state index in [-0.39, 0.29) is 31.6 Å². The fourth-order valence-corrected chi connectivity index (χ4v) is 6.75. The molecule has 2 aromatic heterocycles. The van der Waals surface area contributed by atoms with Crippen LogP contribution in [0, 0.1) is 0 Å². The Labute approximate surface area is 316 Å². The zero-order valence-electron chi connectivity index (χ0n) is 30.4. The fraction of sp³-hybridized carbons (Fsp3) is 0.359. The highest BCUT2D eigenvalue weighted by Gasteiger charge is 2.44. The molecule has 7 N–H and O–H groups in total. The van der Waals surface area contributed by atoms with Gasteiger partial charge < -0.3 is 46.3 Å². The molecule has 55 heavy (non-hydrogen) atoms. The van der Waals surface area contributed by atoms with Gasteiger partial charge in [0.15, 0.2) is 6.61 Å². The number of aliphatic hydroxyl groups is 1. The number of ether oxygens (including phenoxy) is 1. The third-order valence-electron chi connectivity index (χ3n) is 9.67. The number of amides is 6. The highest BCUT2D eigenvalue weighted by atomic mass is 16.5. The Balaban J connectivity index is 1.33. The van der Waals surface area contributed by atoms with E-state index in [9.17, 15) is 33.9 Å². The number of hydrogen-bond acceptors (Lipinski definition) is 9. The van der Waals surface area contributed by atoms with Gasteiger partial charge in [0.05, 0.1) is 6.10 Å². The van der Waals surface area contributed by atoms with Gasteiger partial charge >= 0.3 is 0 Å². The molecule has 1 fully saturated rings. The van der Waals surface area contributed by atoms with E-state index >= 15 is 0 Å². The van der Waals surface area contributed by atoms with Gasteiger partial charge in [-0.05, 0) is 68.1 Å². The van der Waals surface area contributed by atoms with Gasteiger partial charge in [0, 0.05) is 48.8 Å². The number of nitrogens with zero attached hydrogens (tertiary/aromatic N) is 2. The lowest BCUT2D eigenvalue weighted by molar-refractivity contribution is -0.143. The Morgan fingerprint density at radius 1 is 0.964 bits per heavy atom. The predicted molar refractivity (Wildman–Crippen MR) is 199 cm³/mol. The number of H-pyrrole nitrogens is 1. The Hall–Kier alpha value is -6.29. The van der Waals surface area contributed by atoms with Crippen molar-refractivity contribution < 1.29 is 38.6 Å². The molecular formula is C39H44N8O8. The smallest absolute Gasteiger partial charge is 0.270 e. The summed E-state index contributed by atoms with van der Waals surface area (Å²) in [7, 11) is 0. The molecule has 16 heteroatoms. The second-order valence-electron chi connectivity index (χ2n) is 13.7. The molecule has 2 aromatic carbocycles. The maximum atomic E-state index is 14.7. The summed E-state index contributed by atoms with van der Waals surface area (Å²) < 4.78 is 5.76. The lowest BCUT2D eigenvalue weighted by atomic mass is 10.0. The average Bonchev–Trinajstić information content (AvgIpc) is 3.80. The van der Waals surface area contributed by atoms with Crippen molar-refractivity contribution in [3.8, 4) is 5.75 Å². The molecule has 2 bridgehead atoms. The molecule has 0 unspecified atom stereocenters. The van der Waals surface area contributed by atoms with Crippen molar-refractivity contribution in [3.63, 3.8) is 0 Å². The van der Waals surface area contributed by atoms with Crippen molar-refractivity contribution in [2.45, 2.75) is 69.4 Å². The molecule has 3 aliphatic heterocycles. The number of aliphatic hydroxyl groups excluding tert-OH is 1. The van der Waals surface area contributed by atoms with Gasteiger partial charge in [0.25, 0.3) is 11.8 Å². The number of benzene rings is 2. The molecule has 0 radical (unpaired) electrons. The summed E-state index contributed by atoms with van der Waals surface area (Å²) in [6.45, 7) is 2.52. The standard InChI is InChI=1S/C39H44N8O8/c1-22-35(50)41-16-14-24-10-12-27(13-11-24)55-21-33(49)45-31(17-25-19-42-29-8-4-3-7-28(25)29)39(54)47-20-26(44-36(51)30-9-5-6-15-40-30)18-32(47)37(52)46-34(23(2)48)38(53)43-22/h3-13,15,19,22-23,26,31-32,34,42,48H,14,16-18,20-21H2,1-2H3,(H,41,50)(H,43,53)(H,44,51)(H,45,49)(H,46,52)/t22-,23+,26-,31+,32-,34-/m0/s1. The van der Waals surface area contributed by atoms with Crippen molar-refractivity contribution in [2.24, 2.45) is 0 Å². The third-order valence-corrected chi connectivity index (χ3v) is 9.67. The van der Waals surface area contributed by atoms with Crippen molar-refractivity contribution >= 4 is 46.3 Å².